The molecule has 1 aromatic rings. The van der Waals surface area contributed by atoms with Crippen LogP contribution in [0.1, 0.15) is 26.6 Å². The Morgan fingerprint density at radius 2 is 2.00 bits per heavy atom. The lowest BCUT2D eigenvalue weighted by molar-refractivity contribution is 0.662. The first-order valence-electron chi connectivity index (χ1n) is 6.20. The van der Waals surface area contributed by atoms with E-state index in [1.165, 1.54) is 0 Å². The van der Waals surface area contributed by atoms with E-state index in [-0.39, 0.29) is 0 Å². The zero-order valence-corrected chi connectivity index (χ0v) is 10.9. The molecule has 1 rings (SSSR count). The van der Waals surface area contributed by atoms with E-state index in [2.05, 4.69) is 46.6 Å². The van der Waals surface area contributed by atoms with Gasteiger partial charge in [-0.25, -0.2) is 0 Å². The Hall–Kier alpha value is -1.59. The van der Waals surface area contributed by atoms with Gasteiger partial charge in [-0.2, -0.15) is 0 Å². The number of hydrogen-bond acceptors (Lipinski definition) is 3. The van der Waals surface area contributed by atoms with Crippen molar-refractivity contribution in [3.05, 3.63) is 12.2 Å². The number of guanidine groups is 1. The second-order valence-corrected chi connectivity index (χ2v) is 3.59. The molecule has 17 heavy (non-hydrogen) atoms. The lowest BCUT2D eigenvalue weighted by Gasteiger charge is -2.09. The quantitative estimate of drug-likeness (QED) is 0.556. The molecule has 0 spiro atoms. The molecular formula is C11H22N6. The summed E-state index contributed by atoms with van der Waals surface area (Å²) in [6, 6.07) is 0. The molecule has 96 valence electrons. The molecule has 0 atom stereocenters. The van der Waals surface area contributed by atoms with E-state index in [1.54, 1.807) is 6.33 Å². The molecule has 0 fully saturated rings. The third kappa shape index (κ3) is 4.42. The highest BCUT2D eigenvalue weighted by atomic mass is 15.3. The summed E-state index contributed by atoms with van der Waals surface area (Å²) < 4.78 is 2.04. The molecule has 1 aromatic heterocycles. The Kier molecular flexibility index (Phi) is 6.06. The van der Waals surface area contributed by atoms with Gasteiger partial charge in [-0.15, -0.1) is 10.2 Å². The van der Waals surface area contributed by atoms with E-state index in [0.717, 1.165) is 44.4 Å². The van der Waals surface area contributed by atoms with Crippen LogP contribution in [0.15, 0.2) is 11.3 Å². The van der Waals surface area contributed by atoms with Gasteiger partial charge in [-0.3, -0.25) is 4.99 Å². The molecule has 1 heterocycles. The van der Waals surface area contributed by atoms with Crippen molar-refractivity contribution in [1.29, 1.82) is 0 Å². The van der Waals surface area contributed by atoms with Gasteiger partial charge in [0.2, 0.25) is 0 Å². The van der Waals surface area contributed by atoms with Gasteiger partial charge in [0.1, 0.15) is 12.2 Å². The second-order valence-electron chi connectivity index (χ2n) is 3.59. The number of hydrogen-bond donors (Lipinski definition) is 2. The van der Waals surface area contributed by atoms with Crippen LogP contribution in [0, 0.1) is 0 Å². The van der Waals surface area contributed by atoms with Gasteiger partial charge < -0.3 is 15.2 Å². The molecule has 0 radical (unpaired) electrons. The Morgan fingerprint density at radius 1 is 1.29 bits per heavy atom. The first kappa shape index (κ1) is 13.5. The Balaban J connectivity index is 2.46. The average molecular weight is 238 g/mol. The molecule has 6 nitrogen and oxygen atoms in total. The highest BCUT2D eigenvalue weighted by molar-refractivity contribution is 5.79. The van der Waals surface area contributed by atoms with Crippen LogP contribution in [0.4, 0.5) is 0 Å². The Bertz CT molecular complexity index is 335. The van der Waals surface area contributed by atoms with Crippen molar-refractivity contribution in [3.8, 4) is 0 Å². The van der Waals surface area contributed by atoms with E-state index in [9.17, 15) is 0 Å². The summed E-state index contributed by atoms with van der Waals surface area (Å²) in [4.78, 5) is 4.47. The SMILES string of the molecule is CCNC(=NCCn1cnnc1CC)NCC. The molecule has 6 heteroatoms. The van der Waals surface area contributed by atoms with E-state index in [4.69, 9.17) is 0 Å². The predicted molar refractivity (Wildman–Crippen MR) is 69.1 cm³/mol. The van der Waals surface area contributed by atoms with E-state index in [0.29, 0.717) is 0 Å². The van der Waals surface area contributed by atoms with Gasteiger partial charge in [-0.1, -0.05) is 6.92 Å². The standard InChI is InChI=1S/C11H22N6/c1-4-10-16-15-9-17(10)8-7-14-11(12-5-2)13-6-3/h9H,4-8H2,1-3H3,(H2,12,13,14). The number of aliphatic imine (C=N–C) groups is 1. The smallest absolute Gasteiger partial charge is 0.191 e. The lowest BCUT2D eigenvalue weighted by atomic mass is 10.4. The van der Waals surface area contributed by atoms with Gasteiger partial charge in [0.25, 0.3) is 0 Å². The first-order chi connectivity index (χ1) is 8.31. The van der Waals surface area contributed by atoms with Crippen molar-refractivity contribution in [2.45, 2.75) is 33.7 Å². The minimum absolute atomic E-state index is 0.723. The normalized spacial score (nSPS) is 10.1. The molecule has 0 bridgehead atoms. The molecule has 0 unspecified atom stereocenters. The zero-order chi connectivity index (χ0) is 12.5. The molecule has 0 aliphatic heterocycles. The van der Waals surface area contributed by atoms with Crippen molar-refractivity contribution in [2.75, 3.05) is 19.6 Å². The minimum atomic E-state index is 0.723. The van der Waals surface area contributed by atoms with E-state index < -0.39 is 0 Å². The Morgan fingerprint density at radius 3 is 2.59 bits per heavy atom. The molecule has 0 aromatic carbocycles. The minimum Gasteiger partial charge on any atom is -0.357 e. The first-order valence-corrected chi connectivity index (χ1v) is 6.20. The van der Waals surface area contributed by atoms with Crippen molar-refractivity contribution < 1.29 is 0 Å². The number of nitrogens with zero attached hydrogens (tertiary/aromatic N) is 4. The fraction of sp³-hybridized carbons (Fsp3) is 0.727. The highest BCUT2D eigenvalue weighted by Crippen LogP contribution is 1.95. The van der Waals surface area contributed by atoms with Crippen molar-refractivity contribution in [2.24, 2.45) is 4.99 Å². The number of nitrogens with one attached hydrogen (secondary N) is 2. The maximum atomic E-state index is 4.47. The predicted octanol–water partition coefficient (Wildman–Crippen LogP) is 0.415. The fourth-order valence-electron chi connectivity index (χ4n) is 1.52. The number of rotatable bonds is 6. The Labute approximate surface area is 103 Å². The van der Waals surface area contributed by atoms with Crippen LogP contribution >= 0.6 is 0 Å². The average Bonchev–Trinajstić information content (AvgIpc) is 2.77. The molecule has 2 N–H and O–H groups in total. The zero-order valence-electron chi connectivity index (χ0n) is 10.9. The maximum absolute atomic E-state index is 4.47. The third-order valence-corrected chi connectivity index (χ3v) is 2.31. The van der Waals surface area contributed by atoms with Gasteiger partial charge in [0.15, 0.2) is 5.96 Å². The molecule has 0 amide bonds. The largest absolute Gasteiger partial charge is 0.357 e. The van der Waals surface area contributed by atoms with Gasteiger partial charge in [0.05, 0.1) is 6.54 Å². The molecular weight excluding hydrogens is 216 g/mol. The summed E-state index contributed by atoms with van der Waals surface area (Å²) in [5.74, 6) is 1.87. The maximum Gasteiger partial charge on any atom is 0.191 e. The van der Waals surface area contributed by atoms with Crippen molar-refractivity contribution >= 4 is 5.96 Å². The van der Waals surface area contributed by atoms with Gasteiger partial charge in [0, 0.05) is 26.1 Å². The summed E-state index contributed by atoms with van der Waals surface area (Å²) in [6.45, 7) is 9.48. The topological polar surface area (TPSA) is 67.1 Å². The van der Waals surface area contributed by atoms with Crippen molar-refractivity contribution in [1.82, 2.24) is 25.4 Å². The highest BCUT2D eigenvalue weighted by Gasteiger charge is 2.00. The molecule has 0 aliphatic rings. The molecule has 0 aliphatic carbocycles. The van der Waals surface area contributed by atoms with Crippen LogP contribution in [0.5, 0.6) is 0 Å². The van der Waals surface area contributed by atoms with Crippen LogP contribution in [0.2, 0.25) is 0 Å². The second kappa shape index (κ2) is 7.65. The van der Waals surface area contributed by atoms with Gasteiger partial charge >= 0.3 is 0 Å². The summed E-state index contributed by atoms with van der Waals surface area (Å²) in [7, 11) is 0. The van der Waals surface area contributed by atoms with Crippen LogP contribution in [0.25, 0.3) is 0 Å². The van der Waals surface area contributed by atoms with Gasteiger partial charge in [-0.05, 0) is 13.8 Å². The summed E-state index contributed by atoms with van der Waals surface area (Å²) >= 11 is 0. The lowest BCUT2D eigenvalue weighted by Crippen LogP contribution is -2.37. The number of aromatic nitrogens is 3. The van der Waals surface area contributed by atoms with Crippen LogP contribution in [0.3, 0.4) is 0 Å². The van der Waals surface area contributed by atoms with Crippen LogP contribution in [-0.4, -0.2) is 40.4 Å². The van der Waals surface area contributed by atoms with Crippen LogP contribution in [-0.2, 0) is 13.0 Å². The monoisotopic (exact) mass is 238 g/mol. The third-order valence-electron chi connectivity index (χ3n) is 2.31. The van der Waals surface area contributed by atoms with Crippen LogP contribution < -0.4 is 10.6 Å². The van der Waals surface area contributed by atoms with E-state index >= 15 is 0 Å². The molecule has 0 saturated carbocycles. The summed E-state index contributed by atoms with van der Waals surface area (Å²) in [5, 5.41) is 14.3. The van der Waals surface area contributed by atoms with E-state index in [1.807, 2.05) is 4.57 Å². The molecule has 0 saturated heterocycles. The fourth-order valence-corrected chi connectivity index (χ4v) is 1.52. The number of aryl methyl sites for hydroxylation is 1. The van der Waals surface area contributed by atoms with Crippen molar-refractivity contribution in [3.63, 3.8) is 0 Å². The summed E-state index contributed by atoms with van der Waals surface area (Å²) in [5.41, 5.74) is 0. The summed E-state index contributed by atoms with van der Waals surface area (Å²) in [6.07, 6.45) is 2.66.